The minimum absolute atomic E-state index is 0.513. The summed E-state index contributed by atoms with van der Waals surface area (Å²) in [4.78, 5) is 71.5. The van der Waals surface area contributed by atoms with Gasteiger partial charge >= 0.3 is 0 Å². The predicted molar refractivity (Wildman–Crippen MR) is 58.2 cm³/mol. The van der Waals surface area contributed by atoms with E-state index in [1.165, 1.54) is 14.0 Å². The molecule has 0 bridgehead atoms. The number of rotatable bonds is 2. The number of carbonyl (C=O) groups is 6. The SMILES string of the molecule is CC1C(=O)N(C2C(=O)N(C3C(=O)N(C)C3=O)C2=O)C1=O. The van der Waals surface area contributed by atoms with Crippen molar-refractivity contribution in [2.24, 2.45) is 5.92 Å². The molecule has 0 saturated carbocycles. The third kappa shape index (κ3) is 1.12. The van der Waals surface area contributed by atoms with Crippen molar-refractivity contribution in [3.05, 3.63) is 0 Å². The largest absolute Gasteiger partial charge is 0.281 e. The van der Waals surface area contributed by atoms with Crippen LogP contribution in [0.5, 0.6) is 0 Å². The van der Waals surface area contributed by atoms with Crippen LogP contribution in [0.15, 0.2) is 0 Å². The Morgan fingerprint density at radius 2 is 1.00 bits per heavy atom. The molecule has 3 aliphatic heterocycles. The quantitative estimate of drug-likeness (QED) is 0.396. The molecular weight excluding hydrogens is 270 g/mol. The topological polar surface area (TPSA) is 112 Å². The number of nitrogens with zero attached hydrogens (tertiary/aromatic N) is 3. The van der Waals surface area contributed by atoms with E-state index in [9.17, 15) is 28.8 Å². The highest BCUT2D eigenvalue weighted by molar-refractivity contribution is 6.34. The average molecular weight is 279 g/mol. The van der Waals surface area contributed by atoms with Crippen molar-refractivity contribution in [2.45, 2.75) is 19.0 Å². The molecule has 0 unspecified atom stereocenters. The van der Waals surface area contributed by atoms with Crippen LogP contribution in [0, 0.1) is 5.92 Å². The van der Waals surface area contributed by atoms with Crippen LogP contribution < -0.4 is 0 Å². The van der Waals surface area contributed by atoms with Crippen LogP contribution in [0.4, 0.5) is 0 Å². The van der Waals surface area contributed by atoms with Gasteiger partial charge in [-0.15, -0.1) is 0 Å². The Kier molecular flexibility index (Phi) is 2.18. The molecule has 0 spiro atoms. The monoisotopic (exact) mass is 279 g/mol. The number of amides is 6. The maximum absolute atomic E-state index is 11.9. The lowest BCUT2D eigenvalue weighted by Crippen LogP contribution is -2.81. The number of carbonyl (C=O) groups excluding carboxylic acids is 6. The van der Waals surface area contributed by atoms with Crippen LogP contribution in [0.3, 0.4) is 0 Å². The van der Waals surface area contributed by atoms with Gasteiger partial charge < -0.3 is 0 Å². The number of hydrogen-bond acceptors (Lipinski definition) is 6. The van der Waals surface area contributed by atoms with E-state index < -0.39 is 53.4 Å². The zero-order valence-corrected chi connectivity index (χ0v) is 10.5. The van der Waals surface area contributed by atoms with Gasteiger partial charge in [0.15, 0.2) is 12.1 Å². The Morgan fingerprint density at radius 3 is 1.45 bits per heavy atom. The predicted octanol–water partition coefficient (Wildman–Crippen LogP) is -2.90. The molecule has 3 rings (SSSR count). The van der Waals surface area contributed by atoms with E-state index in [1.807, 2.05) is 0 Å². The van der Waals surface area contributed by atoms with Gasteiger partial charge in [0.25, 0.3) is 23.6 Å². The lowest BCUT2D eigenvalue weighted by molar-refractivity contribution is -0.192. The van der Waals surface area contributed by atoms with Crippen LogP contribution in [0.2, 0.25) is 0 Å². The van der Waals surface area contributed by atoms with Gasteiger partial charge in [-0.1, -0.05) is 0 Å². The maximum Gasteiger partial charge on any atom is 0.263 e. The van der Waals surface area contributed by atoms with Crippen LogP contribution in [-0.2, 0) is 28.8 Å². The molecule has 104 valence electrons. The molecule has 0 aromatic rings. The van der Waals surface area contributed by atoms with E-state index in [2.05, 4.69) is 0 Å². The maximum atomic E-state index is 11.9. The summed E-state index contributed by atoms with van der Waals surface area (Å²) >= 11 is 0. The summed E-state index contributed by atoms with van der Waals surface area (Å²) in [6.45, 7) is 1.38. The fourth-order valence-corrected chi connectivity index (χ4v) is 2.44. The zero-order chi connectivity index (χ0) is 14.9. The molecular formula is C11H9N3O6. The first-order chi connectivity index (χ1) is 9.29. The second-order valence-electron chi connectivity index (χ2n) is 4.86. The van der Waals surface area contributed by atoms with Gasteiger partial charge in [0.1, 0.15) is 5.92 Å². The van der Waals surface area contributed by atoms with Gasteiger partial charge in [0.2, 0.25) is 11.8 Å². The van der Waals surface area contributed by atoms with E-state index >= 15 is 0 Å². The third-order valence-electron chi connectivity index (χ3n) is 3.80. The number of imide groups is 3. The first-order valence-electron chi connectivity index (χ1n) is 5.84. The fourth-order valence-electron chi connectivity index (χ4n) is 2.44. The van der Waals surface area contributed by atoms with Gasteiger partial charge in [-0.05, 0) is 6.92 Å². The number of β-lactam (4-membered cyclic amide) rings is 6. The van der Waals surface area contributed by atoms with Crippen LogP contribution in [0.25, 0.3) is 0 Å². The van der Waals surface area contributed by atoms with E-state index in [0.29, 0.717) is 9.80 Å². The lowest BCUT2D eigenvalue weighted by Gasteiger charge is -2.50. The van der Waals surface area contributed by atoms with Gasteiger partial charge in [0.05, 0.1) is 0 Å². The second-order valence-corrected chi connectivity index (χ2v) is 4.86. The van der Waals surface area contributed by atoms with E-state index in [-0.39, 0.29) is 0 Å². The summed E-state index contributed by atoms with van der Waals surface area (Å²) in [6.07, 6.45) is 0. The van der Waals surface area contributed by atoms with Crippen molar-refractivity contribution < 1.29 is 28.8 Å². The Hall–Kier alpha value is -2.58. The minimum Gasteiger partial charge on any atom is -0.281 e. The van der Waals surface area contributed by atoms with E-state index in [1.54, 1.807) is 0 Å². The van der Waals surface area contributed by atoms with Crippen LogP contribution in [-0.4, -0.2) is 69.3 Å². The summed E-state index contributed by atoms with van der Waals surface area (Å²) in [5, 5.41) is 0. The van der Waals surface area contributed by atoms with Gasteiger partial charge in [-0.25, -0.2) is 0 Å². The molecule has 0 N–H and O–H groups in total. The van der Waals surface area contributed by atoms with Crippen LogP contribution >= 0.6 is 0 Å². The minimum atomic E-state index is -1.52. The molecule has 3 saturated heterocycles. The molecule has 3 heterocycles. The van der Waals surface area contributed by atoms with Gasteiger partial charge in [-0.3, -0.25) is 43.5 Å². The molecule has 0 aliphatic carbocycles. The summed E-state index contributed by atoms with van der Waals surface area (Å²) in [7, 11) is 1.23. The first kappa shape index (κ1) is 12.5. The molecule has 0 aromatic heterocycles. The van der Waals surface area contributed by atoms with Crippen molar-refractivity contribution in [1.82, 2.24) is 14.7 Å². The zero-order valence-electron chi connectivity index (χ0n) is 10.5. The lowest BCUT2D eigenvalue weighted by atomic mass is 9.90. The van der Waals surface area contributed by atoms with Crippen molar-refractivity contribution in [3.63, 3.8) is 0 Å². The normalized spacial score (nSPS) is 25.2. The average Bonchev–Trinajstić information content (AvgIpc) is 2.47. The Labute approximate surface area is 112 Å². The number of likely N-dealkylation sites (tertiary alicyclic amines) is 3. The molecule has 0 atom stereocenters. The molecule has 0 radical (unpaired) electrons. The Bertz CT molecular complexity index is 528. The smallest absolute Gasteiger partial charge is 0.263 e. The van der Waals surface area contributed by atoms with Gasteiger partial charge in [-0.2, -0.15) is 0 Å². The second kappa shape index (κ2) is 3.50. The standard InChI is InChI=1S/C11H9N3O6/c1-3-6(15)13(7(3)16)5-10(19)14(11(5)20)4-8(17)12(2)9(4)18/h3-5H,1-2H3. The highest BCUT2D eigenvalue weighted by Gasteiger charge is 2.65. The molecule has 20 heavy (non-hydrogen) atoms. The van der Waals surface area contributed by atoms with Crippen LogP contribution in [0.1, 0.15) is 6.92 Å². The van der Waals surface area contributed by atoms with Crippen molar-refractivity contribution in [3.8, 4) is 0 Å². The highest BCUT2D eigenvalue weighted by atomic mass is 16.2. The summed E-state index contributed by atoms with van der Waals surface area (Å²) in [5.41, 5.74) is 0. The Morgan fingerprint density at radius 1 is 0.650 bits per heavy atom. The van der Waals surface area contributed by atoms with Crippen molar-refractivity contribution in [2.75, 3.05) is 7.05 Å². The van der Waals surface area contributed by atoms with E-state index in [4.69, 9.17) is 0 Å². The first-order valence-corrected chi connectivity index (χ1v) is 5.84. The third-order valence-corrected chi connectivity index (χ3v) is 3.80. The summed E-state index contributed by atoms with van der Waals surface area (Å²) in [6, 6.07) is -2.96. The molecule has 9 nitrogen and oxygen atoms in total. The molecule has 0 aromatic carbocycles. The molecule has 3 aliphatic rings. The molecule has 6 amide bonds. The van der Waals surface area contributed by atoms with E-state index in [0.717, 1.165) is 4.90 Å². The number of likely N-dealkylation sites (N-methyl/N-ethyl adjacent to an activating group) is 1. The summed E-state index contributed by atoms with van der Waals surface area (Å²) in [5.74, 6) is -5.14. The molecule has 3 fully saturated rings. The van der Waals surface area contributed by atoms with Gasteiger partial charge in [0, 0.05) is 7.05 Å². The van der Waals surface area contributed by atoms with Crippen molar-refractivity contribution in [1.29, 1.82) is 0 Å². The van der Waals surface area contributed by atoms with Crippen molar-refractivity contribution >= 4 is 35.4 Å². The Balaban J connectivity index is 1.79. The molecule has 9 heteroatoms. The fraction of sp³-hybridized carbons (Fsp3) is 0.455. The number of hydrogen-bond donors (Lipinski definition) is 0. The summed E-state index contributed by atoms with van der Waals surface area (Å²) < 4.78 is 0. The highest BCUT2D eigenvalue weighted by Crippen LogP contribution is 2.32.